The molecule has 6 heteroatoms. The minimum absolute atomic E-state index is 0.609. The van der Waals surface area contributed by atoms with Crippen molar-refractivity contribution in [3.8, 4) is 28.1 Å². The lowest BCUT2D eigenvalue weighted by molar-refractivity contribution is 0.411. The van der Waals surface area contributed by atoms with E-state index in [-0.39, 0.29) is 0 Å². The van der Waals surface area contributed by atoms with Crippen LogP contribution in [-0.2, 0) is 0 Å². The molecular weight excluding hydrogens is 300 g/mol. The number of aromatic nitrogens is 2. The first-order valence-corrected chi connectivity index (χ1v) is 7.58. The molecule has 114 valence electrons. The highest BCUT2D eigenvalue weighted by molar-refractivity contribution is 7.11. The molecule has 0 N–H and O–H groups in total. The van der Waals surface area contributed by atoms with Gasteiger partial charge in [-0.15, -0.1) is 0 Å². The molecule has 0 bridgehead atoms. The molecule has 0 saturated heterocycles. The predicted molar refractivity (Wildman–Crippen MR) is 87.2 cm³/mol. The smallest absolute Gasteiger partial charge is 0.273 e. The Kier molecular flexibility index (Phi) is 3.85. The third kappa shape index (κ3) is 2.35. The van der Waals surface area contributed by atoms with Crippen LogP contribution in [0.15, 0.2) is 23.6 Å². The van der Waals surface area contributed by atoms with Crippen molar-refractivity contribution in [1.82, 2.24) is 9.97 Å². The fourth-order valence-electron chi connectivity index (χ4n) is 2.37. The van der Waals surface area contributed by atoms with Crippen molar-refractivity contribution in [2.24, 2.45) is 0 Å². The van der Waals surface area contributed by atoms with E-state index in [2.05, 4.69) is 4.98 Å². The monoisotopic (exact) mass is 316 g/mol. The van der Waals surface area contributed by atoms with Gasteiger partial charge in [-0.1, -0.05) is 11.3 Å². The summed E-state index contributed by atoms with van der Waals surface area (Å²) in [5, 5.41) is 3.48. The summed E-state index contributed by atoms with van der Waals surface area (Å²) in [6.45, 7) is 1.99. The van der Waals surface area contributed by atoms with E-state index in [0.717, 1.165) is 39.4 Å². The summed E-state index contributed by atoms with van der Waals surface area (Å²) in [5.74, 6) is 1.56. The summed E-state index contributed by atoms with van der Waals surface area (Å²) >= 11 is 1.44. The zero-order chi connectivity index (χ0) is 15.7. The Morgan fingerprint density at radius 2 is 1.68 bits per heavy atom. The molecule has 0 aliphatic rings. The first-order valence-electron chi connectivity index (χ1n) is 6.70. The third-order valence-corrected chi connectivity index (χ3v) is 4.31. The second-order valence-corrected chi connectivity index (χ2v) is 5.52. The number of methoxy groups -OCH3 is 3. The SMILES string of the molecule is COc1nc(-c2cc(OC)c3ccc(OC)c(C)c3n2)cs1. The molecule has 2 heterocycles. The highest BCUT2D eigenvalue weighted by Crippen LogP contribution is 2.35. The quantitative estimate of drug-likeness (QED) is 0.734. The van der Waals surface area contributed by atoms with E-state index in [0.29, 0.717) is 5.19 Å². The van der Waals surface area contributed by atoms with Gasteiger partial charge in [0.05, 0.1) is 32.5 Å². The van der Waals surface area contributed by atoms with E-state index in [4.69, 9.17) is 19.2 Å². The highest BCUT2D eigenvalue weighted by atomic mass is 32.1. The van der Waals surface area contributed by atoms with Crippen molar-refractivity contribution in [2.45, 2.75) is 6.92 Å². The second kappa shape index (κ2) is 5.81. The molecule has 0 aliphatic carbocycles. The topological polar surface area (TPSA) is 53.5 Å². The van der Waals surface area contributed by atoms with Gasteiger partial charge in [-0.2, -0.15) is 0 Å². The molecule has 2 aromatic heterocycles. The minimum Gasteiger partial charge on any atom is -0.496 e. The molecule has 0 fully saturated rings. The van der Waals surface area contributed by atoms with Crippen LogP contribution >= 0.6 is 11.3 Å². The average Bonchev–Trinajstić information content (AvgIpc) is 3.03. The van der Waals surface area contributed by atoms with Crippen molar-refractivity contribution in [2.75, 3.05) is 21.3 Å². The van der Waals surface area contributed by atoms with Crippen molar-refractivity contribution in [3.05, 3.63) is 29.1 Å². The Morgan fingerprint density at radius 3 is 2.32 bits per heavy atom. The molecule has 0 unspecified atom stereocenters. The molecule has 0 amide bonds. The Morgan fingerprint density at radius 1 is 0.909 bits per heavy atom. The predicted octanol–water partition coefficient (Wildman–Crippen LogP) is 3.69. The van der Waals surface area contributed by atoms with E-state index in [9.17, 15) is 0 Å². The lowest BCUT2D eigenvalue weighted by Gasteiger charge is -2.12. The number of thiazole rings is 1. The van der Waals surface area contributed by atoms with Crippen LogP contribution in [0.1, 0.15) is 5.56 Å². The maximum absolute atomic E-state index is 5.51. The number of aryl methyl sites for hydroxylation is 1. The normalized spacial score (nSPS) is 10.7. The van der Waals surface area contributed by atoms with Crippen LogP contribution in [0.4, 0.5) is 0 Å². The van der Waals surface area contributed by atoms with Gasteiger partial charge in [-0.05, 0) is 19.1 Å². The van der Waals surface area contributed by atoms with Gasteiger partial charge in [0.2, 0.25) is 0 Å². The minimum atomic E-state index is 0.609. The van der Waals surface area contributed by atoms with Crippen molar-refractivity contribution < 1.29 is 14.2 Å². The van der Waals surface area contributed by atoms with E-state index < -0.39 is 0 Å². The zero-order valence-electron chi connectivity index (χ0n) is 12.8. The molecule has 0 spiro atoms. The summed E-state index contributed by atoms with van der Waals surface area (Å²) in [4.78, 5) is 9.14. The number of hydrogen-bond donors (Lipinski definition) is 0. The standard InChI is InChI=1S/C16H16N2O3S/c1-9-13(19-2)6-5-10-14(20-3)7-11(17-15(9)10)12-8-22-16(18-12)21-4/h5-8H,1-4H3. The maximum atomic E-state index is 5.51. The molecule has 0 radical (unpaired) electrons. The van der Waals surface area contributed by atoms with Gasteiger partial charge in [-0.3, -0.25) is 0 Å². The van der Waals surface area contributed by atoms with Gasteiger partial charge in [0.25, 0.3) is 5.19 Å². The molecule has 0 atom stereocenters. The molecule has 22 heavy (non-hydrogen) atoms. The van der Waals surface area contributed by atoms with Crippen molar-refractivity contribution in [3.63, 3.8) is 0 Å². The lowest BCUT2D eigenvalue weighted by Crippen LogP contribution is -1.95. The number of ether oxygens (including phenoxy) is 3. The van der Waals surface area contributed by atoms with Crippen molar-refractivity contribution in [1.29, 1.82) is 0 Å². The average molecular weight is 316 g/mol. The number of nitrogens with zero attached hydrogens (tertiary/aromatic N) is 2. The first-order chi connectivity index (χ1) is 10.7. The third-order valence-electron chi connectivity index (χ3n) is 3.51. The van der Waals surface area contributed by atoms with Crippen LogP contribution < -0.4 is 14.2 Å². The number of hydrogen-bond acceptors (Lipinski definition) is 6. The van der Waals surface area contributed by atoms with Gasteiger partial charge in [0.1, 0.15) is 17.2 Å². The number of pyridine rings is 1. The highest BCUT2D eigenvalue weighted by Gasteiger charge is 2.14. The fourth-order valence-corrected chi connectivity index (χ4v) is 3.00. The first kappa shape index (κ1) is 14.6. The summed E-state index contributed by atoms with van der Waals surface area (Å²) in [5.41, 5.74) is 3.34. The number of fused-ring (bicyclic) bond motifs is 1. The molecule has 3 rings (SSSR count). The van der Waals surface area contributed by atoms with Crippen LogP contribution in [0, 0.1) is 6.92 Å². The van der Waals surface area contributed by atoms with Gasteiger partial charge in [0, 0.05) is 22.4 Å². The molecule has 5 nitrogen and oxygen atoms in total. The summed E-state index contributed by atoms with van der Waals surface area (Å²) in [6.07, 6.45) is 0. The van der Waals surface area contributed by atoms with Crippen LogP contribution in [-0.4, -0.2) is 31.3 Å². The number of rotatable bonds is 4. The van der Waals surface area contributed by atoms with Gasteiger partial charge >= 0.3 is 0 Å². The van der Waals surface area contributed by atoms with Crippen LogP contribution in [0.25, 0.3) is 22.3 Å². The van der Waals surface area contributed by atoms with Gasteiger partial charge < -0.3 is 14.2 Å². The van der Waals surface area contributed by atoms with E-state index in [1.54, 1.807) is 21.3 Å². The summed E-state index contributed by atoms with van der Waals surface area (Å²) in [7, 11) is 4.91. The van der Waals surface area contributed by atoms with E-state index in [1.807, 2.05) is 30.5 Å². The maximum Gasteiger partial charge on any atom is 0.273 e. The second-order valence-electron chi connectivity index (χ2n) is 4.70. The molecular formula is C16H16N2O3S. The fraction of sp³-hybridized carbons (Fsp3) is 0.250. The summed E-state index contributed by atoms with van der Waals surface area (Å²) < 4.78 is 16.0. The Balaban J connectivity index is 2.25. The van der Waals surface area contributed by atoms with Crippen LogP contribution in [0.5, 0.6) is 16.7 Å². The van der Waals surface area contributed by atoms with Gasteiger partial charge in [0.15, 0.2) is 0 Å². The van der Waals surface area contributed by atoms with E-state index in [1.165, 1.54) is 11.3 Å². The Bertz CT molecular complexity index is 830. The number of benzene rings is 1. The van der Waals surface area contributed by atoms with Crippen LogP contribution in [0.2, 0.25) is 0 Å². The molecule has 1 aromatic carbocycles. The molecule has 3 aromatic rings. The molecule has 0 saturated carbocycles. The van der Waals surface area contributed by atoms with Crippen molar-refractivity contribution >= 4 is 22.2 Å². The Hall–Kier alpha value is -2.34. The van der Waals surface area contributed by atoms with Crippen LogP contribution in [0.3, 0.4) is 0 Å². The molecule has 0 aliphatic heterocycles. The largest absolute Gasteiger partial charge is 0.496 e. The summed E-state index contributed by atoms with van der Waals surface area (Å²) in [6, 6.07) is 5.77. The van der Waals surface area contributed by atoms with E-state index >= 15 is 0 Å². The van der Waals surface area contributed by atoms with Gasteiger partial charge in [-0.25, -0.2) is 9.97 Å². The zero-order valence-corrected chi connectivity index (χ0v) is 13.7. The lowest BCUT2D eigenvalue weighted by atomic mass is 10.1. The Labute approximate surface area is 132 Å².